The number of hydrogen-bond donors (Lipinski definition) is 3. The van der Waals surface area contributed by atoms with E-state index in [1.165, 1.54) is 11.8 Å². The van der Waals surface area contributed by atoms with E-state index in [0.717, 1.165) is 66.3 Å². The van der Waals surface area contributed by atoms with Gasteiger partial charge in [0.15, 0.2) is 5.82 Å². The van der Waals surface area contributed by atoms with Crippen molar-refractivity contribution in [1.82, 2.24) is 20.4 Å². The summed E-state index contributed by atoms with van der Waals surface area (Å²) >= 11 is 6.63. The van der Waals surface area contributed by atoms with Crippen molar-refractivity contribution in [2.24, 2.45) is 0 Å². The van der Waals surface area contributed by atoms with E-state index < -0.39 is 0 Å². The third kappa shape index (κ3) is 3.51. The Hall–Kier alpha value is -2.80. The maximum Gasteiger partial charge on any atom is 0.219 e. The van der Waals surface area contributed by atoms with Gasteiger partial charge in [-0.3, -0.25) is 9.89 Å². The van der Waals surface area contributed by atoms with Crippen molar-refractivity contribution in [2.45, 2.75) is 32.7 Å². The van der Waals surface area contributed by atoms with Crippen molar-refractivity contribution in [2.75, 3.05) is 25.0 Å². The topological polar surface area (TPSA) is 88.1 Å². The van der Waals surface area contributed by atoms with Crippen LogP contribution in [0, 0.1) is 5.41 Å². The van der Waals surface area contributed by atoms with Crippen molar-refractivity contribution in [3.05, 3.63) is 45.7 Å². The molecule has 152 valence electrons. The molecule has 2 aromatic rings. The molecule has 3 heterocycles. The molecule has 0 spiro atoms. The number of nitrogens with zero attached hydrogens (tertiary/aromatic N) is 3. The number of aromatic nitrogens is 2. The molecule has 0 atom stereocenters. The van der Waals surface area contributed by atoms with Crippen LogP contribution in [-0.4, -0.2) is 47.4 Å². The average molecular weight is 413 g/mol. The third-order valence-electron chi connectivity index (χ3n) is 5.67. The molecule has 0 saturated heterocycles. The molecule has 1 amide bonds. The fourth-order valence-corrected chi connectivity index (χ4v) is 4.44. The fraction of sp³-hybridized carbons (Fsp3) is 0.381. The minimum Gasteiger partial charge on any atom is -0.393 e. The Morgan fingerprint density at radius 3 is 2.90 bits per heavy atom. The largest absolute Gasteiger partial charge is 0.393 e. The number of halogens is 1. The molecule has 0 bridgehead atoms. The fourth-order valence-electron chi connectivity index (χ4n) is 4.17. The highest BCUT2D eigenvalue weighted by atomic mass is 35.5. The van der Waals surface area contributed by atoms with E-state index in [-0.39, 0.29) is 5.91 Å². The first-order chi connectivity index (χ1) is 14.0. The lowest BCUT2D eigenvalue weighted by Gasteiger charge is -2.33. The highest BCUT2D eigenvalue weighted by molar-refractivity contribution is 6.34. The van der Waals surface area contributed by atoms with Gasteiger partial charge in [-0.25, -0.2) is 0 Å². The molecule has 0 unspecified atom stereocenters. The van der Waals surface area contributed by atoms with E-state index in [0.29, 0.717) is 11.6 Å². The van der Waals surface area contributed by atoms with Crippen LogP contribution in [0.1, 0.15) is 35.7 Å². The maximum atomic E-state index is 11.9. The monoisotopic (exact) mass is 412 g/mol. The predicted molar refractivity (Wildman–Crippen MR) is 116 cm³/mol. The van der Waals surface area contributed by atoms with Gasteiger partial charge in [0.05, 0.1) is 11.6 Å². The van der Waals surface area contributed by atoms with Crippen LogP contribution in [0.5, 0.6) is 0 Å². The van der Waals surface area contributed by atoms with E-state index in [4.69, 9.17) is 17.0 Å². The number of aryl methyl sites for hydroxylation is 1. The summed E-state index contributed by atoms with van der Waals surface area (Å²) < 4.78 is 0. The SMILES string of the molecule is CN/C=C(\C=N)c1cc2c(cc1Cl)N(c1n[nH]c3c1CN(C(C)=O)CC3)CCC2. The Balaban J connectivity index is 1.75. The molecule has 0 aliphatic carbocycles. The van der Waals surface area contributed by atoms with Crippen molar-refractivity contribution in [3.63, 3.8) is 0 Å². The van der Waals surface area contributed by atoms with Gasteiger partial charge in [-0.1, -0.05) is 11.6 Å². The number of carbonyl (C=O) groups is 1. The molecule has 7 nitrogen and oxygen atoms in total. The van der Waals surface area contributed by atoms with Crippen LogP contribution in [0.3, 0.4) is 0 Å². The number of amides is 1. The van der Waals surface area contributed by atoms with Crippen LogP contribution in [0.25, 0.3) is 5.57 Å². The quantitative estimate of drug-likeness (QED) is 0.672. The first kappa shape index (κ1) is 19.5. The van der Waals surface area contributed by atoms with E-state index in [2.05, 4.69) is 26.5 Å². The van der Waals surface area contributed by atoms with Gasteiger partial charge in [0, 0.05) is 74.0 Å². The van der Waals surface area contributed by atoms with Gasteiger partial charge in [0.25, 0.3) is 0 Å². The molecule has 0 saturated carbocycles. The van der Waals surface area contributed by atoms with Crippen molar-refractivity contribution in [3.8, 4) is 0 Å². The molecule has 2 aliphatic heterocycles. The molecule has 0 radical (unpaired) electrons. The number of rotatable bonds is 4. The Morgan fingerprint density at radius 1 is 1.34 bits per heavy atom. The van der Waals surface area contributed by atoms with Gasteiger partial charge in [-0.15, -0.1) is 0 Å². The van der Waals surface area contributed by atoms with Gasteiger partial charge < -0.3 is 20.5 Å². The minimum absolute atomic E-state index is 0.0880. The Labute approximate surface area is 175 Å². The second-order valence-electron chi connectivity index (χ2n) is 7.44. The minimum atomic E-state index is 0.0880. The van der Waals surface area contributed by atoms with Crippen LogP contribution >= 0.6 is 11.6 Å². The Kier molecular flexibility index (Phi) is 5.32. The molecule has 3 N–H and O–H groups in total. The number of hydrogen-bond acceptors (Lipinski definition) is 5. The lowest BCUT2D eigenvalue weighted by atomic mass is 9.96. The number of H-pyrrole nitrogens is 1. The highest BCUT2D eigenvalue weighted by Gasteiger charge is 2.29. The number of allylic oxidation sites excluding steroid dienone is 1. The highest BCUT2D eigenvalue weighted by Crippen LogP contribution is 2.40. The smallest absolute Gasteiger partial charge is 0.219 e. The zero-order valence-electron chi connectivity index (χ0n) is 16.7. The summed E-state index contributed by atoms with van der Waals surface area (Å²) in [5.41, 5.74) is 6.03. The predicted octanol–water partition coefficient (Wildman–Crippen LogP) is 3.26. The summed E-state index contributed by atoms with van der Waals surface area (Å²) in [5.74, 6) is 0.971. The second-order valence-corrected chi connectivity index (χ2v) is 7.85. The van der Waals surface area contributed by atoms with Gasteiger partial charge in [-0.2, -0.15) is 5.10 Å². The van der Waals surface area contributed by atoms with E-state index >= 15 is 0 Å². The average Bonchev–Trinajstić information content (AvgIpc) is 3.14. The zero-order chi connectivity index (χ0) is 20.5. The Morgan fingerprint density at radius 2 is 2.17 bits per heavy atom. The summed E-state index contributed by atoms with van der Waals surface area (Å²) in [6, 6.07) is 4.06. The molecular weight excluding hydrogens is 388 g/mol. The van der Waals surface area contributed by atoms with Gasteiger partial charge in [0.1, 0.15) is 0 Å². The first-order valence-electron chi connectivity index (χ1n) is 9.83. The molecule has 2 aliphatic rings. The molecule has 8 heteroatoms. The third-order valence-corrected chi connectivity index (χ3v) is 5.98. The van der Waals surface area contributed by atoms with Crippen LogP contribution < -0.4 is 10.2 Å². The van der Waals surface area contributed by atoms with Crippen molar-refractivity contribution >= 4 is 40.8 Å². The molecule has 1 aromatic carbocycles. The summed E-state index contributed by atoms with van der Waals surface area (Å²) in [4.78, 5) is 15.9. The van der Waals surface area contributed by atoms with Crippen molar-refractivity contribution in [1.29, 1.82) is 5.41 Å². The summed E-state index contributed by atoms with van der Waals surface area (Å²) in [6.07, 6.45) is 5.83. The molecule has 1 aromatic heterocycles. The van der Waals surface area contributed by atoms with Gasteiger partial charge in [-0.05, 0) is 30.5 Å². The summed E-state index contributed by atoms with van der Waals surface area (Å²) in [7, 11) is 1.81. The molecule has 4 rings (SSSR count). The number of carbonyl (C=O) groups excluding carboxylic acids is 1. The Bertz CT molecular complexity index is 995. The standard InChI is InChI=1S/C21H25ClN6O/c1-13(29)27-7-5-19-17(12-27)21(26-25-19)28-6-3-4-14-8-16(15(10-23)11-24-2)18(22)9-20(14)28/h8-11,23-24H,3-7,12H2,1-2H3,(H,25,26)/b15-11+,23-10?. The van der Waals surface area contributed by atoms with Gasteiger partial charge >= 0.3 is 0 Å². The van der Waals surface area contributed by atoms with E-state index in [1.54, 1.807) is 13.1 Å². The lowest BCUT2D eigenvalue weighted by Crippen LogP contribution is -2.35. The summed E-state index contributed by atoms with van der Waals surface area (Å²) in [5, 5.41) is 19.1. The maximum absolute atomic E-state index is 11.9. The second kappa shape index (κ2) is 7.91. The molecule has 0 fully saturated rings. The van der Waals surface area contributed by atoms with Crippen LogP contribution in [0.2, 0.25) is 5.02 Å². The lowest BCUT2D eigenvalue weighted by molar-refractivity contribution is -0.129. The van der Waals surface area contributed by atoms with E-state index in [1.807, 2.05) is 18.0 Å². The van der Waals surface area contributed by atoms with Crippen molar-refractivity contribution < 1.29 is 4.79 Å². The number of benzene rings is 1. The summed E-state index contributed by atoms with van der Waals surface area (Å²) in [6.45, 7) is 3.77. The van der Waals surface area contributed by atoms with Crippen LogP contribution in [0.15, 0.2) is 18.3 Å². The molecular formula is C21H25ClN6O. The number of fused-ring (bicyclic) bond motifs is 2. The first-order valence-corrected chi connectivity index (χ1v) is 10.2. The van der Waals surface area contributed by atoms with Crippen LogP contribution in [-0.2, 0) is 24.2 Å². The number of nitrogens with one attached hydrogen (secondary N) is 3. The normalized spacial score (nSPS) is 16.3. The number of aromatic amines is 1. The van der Waals surface area contributed by atoms with E-state index in [9.17, 15) is 4.79 Å². The molecule has 29 heavy (non-hydrogen) atoms. The van der Waals surface area contributed by atoms with Gasteiger partial charge in [0.2, 0.25) is 5.91 Å². The van der Waals surface area contributed by atoms with Crippen LogP contribution in [0.4, 0.5) is 11.5 Å². The number of anilines is 2. The zero-order valence-corrected chi connectivity index (χ0v) is 17.4.